The lowest BCUT2D eigenvalue weighted by molar-refractivity contribution is -0.123. The zero-order chi connectivity index (χ0) is 12.8. The molecule has 0 saturated heterocycles. The second-order valence-corrected chi connectivity index (χ2v) is 3.69. The summed E-state index contributed by atoms with van der Waals surface area (Å²) < 4.78 is 5.42. The van der Waals surface area contributed by atoms with Gasteiger partial charge in [-0.05, 0) is 12.1 Å². The Hall–Kier alpha value is -2.14. The van der Waals surface area contributed by atoms with E-state index in [1.807, 2.05) is 24.3 Å². The predicted molar refractivity (Wildman–Crippen MR) is 67.3 cm³/mol. The van der Waals surface area contributed by atoms with Crippen molar-refractivity contribution in [1.29, 1.82) is 0 Å². The van der Waals surface area contributed by atoms with Crippen LogP contribution in [0.4, 0.5) is 0 Å². The maximum atomic E-state index is 11.3. The summed E-state index contributed by atoms with van der Waals surface area (Å²) in [6.07, 6.45) is 1.68. The number of aromatic nitrogens is 1. The first-order valence-electron chi connectivity index (χ1n) is 5.65. The molecular formula is C13H14N2O3. The number of para-hydroxylation sites is 1. The van der Waals surface area contributed by atoms with E-state index in [1.54, 1.807) is 12.3 Å². The molecule has 5 nitrogen and oxygen atoms in total. The van der Waals surface area contributed by atoms with Gasteiger partial charge in [0.25, 0.3) is 5.91 Å². The average molecular weight is 246 g/mol. The Kier molecular flexibility index (Phi) is 4.09. The first-order chi connectivity index (χ1) is 8.81. The summed E-state index contributed by atoms with van der Waals surface area (Å²) in [6.45, 7) is 0.0627. The summed E-state index contributed by atoms with van der Waals surface area (Å²) in [4.78, 5) is 15.6. The molecule has 0 aliphatic rings. The van der Waals surface area contributed by atoms with Crippen molar-refractivity contribution in [3.8, 4) is 5.75 Å². The Morgan fingerprint density at radius 1 is 1.33 bits per heavy atom. The van der Waals surface area contributed by atoms with Crippen molar-refractivity contribution in [3.05, 3.63) is 36.5 Å². The number of carbonyl (C=O) groups is 1. The molecule has 18 heavy (non-hydrogen) atoms. The highest BCUT2D eigenvalue weighted by molar-refractivity contribution is 5.85. The molecule has 0 aliphatic carbocycles. The third-order valence-electron chi connectivity index (χ3n) is 2.39. The lowest BCUT2D eigenvalue weighted by Gasteiger charge is -2.08. The summed E-state index contributed by atoms with van der Waals surface area (Å²) >= 11 is 0. The van der Waals surface area contributed by atoms with Gasteiger partial charge in [0.15, 0.2) is 6.61 Å². The molecule has 0 aliphatic heterocycles. The minimum Gasteiger partial charge on any atom is -0.481 e. The number of benzene rings is 1. The number of hydrogen-bond acceptors (Lipinski definition) is 4. The number of fused-ring (bicyclic) bond motifs is 1. The van der Waals surface area contributed by atoms with E-state index in [4.69, 9.17) is 9.84 Å². The maximum Gasteiger partial charge on any atom is 0.258 e. The quantitative estimate of drug-likeness (QED) is 0.815. The van der Waals surface area contributed by atoms with Gasteiger partial charge in [-0.25, -0.2) is 0 Å². The molecule has 2 N–H and O–H groups in total. The Bertz CT molecular complexity index is 537. The van der Waals surface area contributed by atoms with Crippen molar-refractivity contribution in [1.82, 2.24) is 10.3 Å². The molecule has 0 atom stereocenters. The maximum absolute atomic E-state index is 11.3. The van der Waals surface area contributed by atoms with Crippen LogP contribution in [-0.4, -0.2) is 35.8 Å². The Morgan fingerprint density at radius 2 is 2.17 bits per heavy atom. The Balaban J connectivity index is 2.05. The zero-order valence-corrected chi connectivity index (χ0v) is 9.80. The van der Waals surface area contributed by atoms with Gasteiger partial charge >= 0.3 is 0 Å². The summed E-state index contributed by atoms with van der Waals surface area (Å²) in [7, 11) is 0. The summed E-state index contributed by atoms with van der Waals surface area (Å²) in [5, 5.41) is 12.1. The van der Waals surface area contributed by atoms with E-state index < -0.39 is 0 Å². The second-order valence-electron chi connectivity index (χ2n) is 3.69. The molecule has 1 aromatic heterocycles. The van der Waals surface area contributed by atoms with Gasteiger partial charge in [-0.3, -0.25) is 9.78 Å². The van der Waals surface area contributed by atoms with Gasteiger partial charge in [-0.2, -0.15) is 0 Å². The molecule has 1 aromatic carbocycles. The minimum absolute atomic E-state index is 0.0818. The number of hydrogen-bond donors (Lipinski definition) is 2. The smallest absolute Gasteiger partial charge is 0.258 e. The van der Waals surface area contributed by atoms with E-state index in [9.17, 15) is 4.79 Å². The van der Waals surface area contributed by atoms with Crippen molar-refractivity contribution in [2.24, 2.45) is 0 Å². The predicted octanol–water partition coefficient (Wildman–Crippen LogP) is 0.722. The molecule has 5 heteroatoms. The fourth-order valence-corrected chi connectivity index (χ4v) is 1.58. The van der Waals surface area contributed by atoms with E-state index in [2.05, 4.69) is 10.3 Å². The number of aliphatic hydroxyl groups is 1. The van der Waals surface area contributed by atoms with Crippen LogP contribution in [0.3, 0.4) is 0 Å². The SMILES string of the molecule is O=C(COc1cccc2cccnc12)NCCO. The molecule has 0 unspecified atom stereocenters. The molecule has 1 amide bonds. The molecule has 0 saturated carbocycles. The fourth-order valence-electron chi connectivity index (χ4n) is 1.58. The van der Waals surface area contributed by atoms with Crippen LogP contribution in [0.25, 0.3) is 10.9 Å². The molecule has 2 aromatic rings. The Labute approximate surface area is 104 Å². The third-order valence-corrected chi connectivity index (χ3v) is 2.39. The van der Waals surface area contributed by atoms with Crippen molar-refractivity contribution in [2.45, 2.75) is 0 Å². The summed E-state index contributed by atoms with van der Waals surface area (Å²) in [6, 6.07) is 9.34. The second kappa shape index (κ2) is 5.97. The van der Waals surface area contributed by atoms with Crippen LogP contribution in [0, 0.1) is 0 Å². The highest BCUT2D eigenvalue weighted by Crippen LogP contribution is 2.22. The molecule has 2 rings (SSSR count). The molecule has 0 spiro atoms. The third kappa shape index (κ3) is 2.95. The van der Waals surface area contributed by atoms with Crippen molar-refractivity contribution in [3.63, 3.8) is 0 Å². The van der Waals surface area contributed by atoms with E-state index in [0.29, 0.717) is 5.75 Å². The molecule has 1 heterocycles. The summed E-state index contributed by atoms with van der Waals surface area (Å²) in [5.74, 6) is 0.309. The number of ether oxygens (including phenoxy) is 1. The molecule has 94 valence electrons. The number of nitrogens with one attached hydrogen (secondary N) is 1. The number of rotatable bonds is 5. The van der Waals surface area contributed by atoms with Gasteiger partial charge in [0.05, 0.1) is 6.61 Å². The Morgan fingerprint density at radius 3 is 3.00 bits per heavy atom. The summed E-state index contributed by atoms with van der Waals surface area (Å²) in [5.41, 5.74) is 0.731. The normalized spacial score (nSPS) is 10.3. The van der Waals surface area contributed by atoms with Crippen LogP contribution < -0.4 is 10.1 Å². The van der Waals surface area contributed by atoms with E-state index in [0.717, 1.165) is 10.9 Å². The van der Waals surface area contributed by atoms with Crippen LogP contribution in [0.2, 0.25) is 0 Å². The first kappa shape index (κ1) is 12.3. The van der Waals surface area contributed by atoms with Crippen LogP contribution in [0.1, 0.15) is 0 Å². The number of amides is 1. The largest absolute Gasteiger partial charge is 0.481 e. The lowest BCUT2D eigenvalue weighted by atomic mass is 10.2. The van der Waals surface area contributed by atoms with Crippen molar-refractivity contribution < 1.29 is 14.6 Å². The number of aliphatic hydroxyl groups excluding tert-OH is 1. The van der Waals surface area contributed by atoms with E-state index >= 15 is 0 Å². The number of pyridine rings is 1. The monoisotopic (exact) mass is 246 g/mol. The molecule has 0 bridgehead atoms. The van der Waals surface area contributed by atoms with Gasteiger partial charge in [-0.15, -0.1) is 0 Å². The minimum atomic E-state index is -0.267. The fraction of sp³-hybridized carbons (Fsp3) is 0.231. The van der Waals surface area contributed by atoms with Crippen LogP contribution in [-0.2, 0) is 4.79 Å². The highest BCUT2D eigenvalue weighted by atomic mass is 16.5. The standard InChI is InChI=1S/C13H14N2O3/c16-8-7-14-12(17)9-18-11-5-1-3-10-4-2-6-15-13(10)11/h1-6,16H,7-9H2,(H,14,17). The van der Waals surface area contributed by atoms with Crippen molar-refractivity contribution >= 4 is 16.8 Å². The van der Waals surface area contributed by atoms with Crippen LogP contribution in [0.15, 0.2) is 36.5 Å². The van der Waals surface area contributed by atoms with Gasteiger partial charge in [0.2, 0.25) is 0 Å². The van der Waals surface area contributed by atoms with Gasteiger partial charge < -0.3 is 15.2 Å². The van der Waals surface area contributed by atoms with Crippen LogP contribution in [0.5, 0.6) is 5.75 Å². The first-order valence-corrected chi connectivity index (χ1v) is 5.65. The van der Waals surface area contributed by atoms with Crippen LogP contribution >= 0.6 is 0 Å². The highest BCUT2D eigenvalue weighted by Gasteiger charge is 2.05. The zero-order valence-electron chi connectivity index (χ0n) is 9.80. The topological polar surface area (TPSA) is 71.5 Å². The van der Waals surface area contributed by atoms with Crippen molar-refractivity contribution in [2.75, 3.05) is 19.8 Å². The molecular weight excluding hydrogens is 232 g/mol. The van der Waals surface area contributed by atoms with E-state index in [-0.39, 0.29) is 25.7 Å². The molecule has 0 radical (unpaired) electrons. The van der Waals surface area contributed by atoms with Gasteiger partial charge in [-0.1, -0.05) is 18.2 Å². The number of carbonyl (C=O) groups excluding carboxylic acids is 1. The lowest BCUT2D eigenvalue weighted by Crippen LogP contribution is -2.31. The van der Waals surface area contributed by atoms with Gasteiger partial charge in [0, 0.05) is 18.1 Å². The number of nitrogens with zero attached hydrogens (tertiary/aromatic N) is 1. The van der Waals surface area contributed by atoms with E-state index in [1.165, 1.54) is 0 Å². The molecule has 0 fully saturated rings. The average Bonchev–Trinajstić information content (AvgIpc) is 2.42. The van der Waals surface area contributed by atoms with Gasteiger partial charge in [0.1, 0.15) is 11.3 Å².